The van der Waals surface area contributed by atoms with Crippen LogP contribution in [0.4, 0.5) is 0 Å². The van der Waals surface area contributed by atoms with Gasteiger partial charge in [-0.1, -0.05) is 12.1 Å². The molecular formula is C9H11BO2. The summed E-state index contributed by atoms with van der Waals surface area (Å²) in [5, 5.41) is 9.37. The molecule has 0 unspecified atom stereocenters. The fourth-order valence-electron chi connectivity index (χ4n) is 1.51. The molecule has 0 atom stereocenters. The molecule has 0 radical (unpaired) electrons. The summed E-state index contributed by atoms with van der Waals surface area (Å²) in [7, 11) is -0.709. The van der Waals surface area contributed by atoms with Gasteiger partial charge < -0.3 is 9.68 Å². The van der Waals surface area contributed by atoms with Gasteiger partial charge in [0.1, 0.15) is 0 Å². The van der Waals surface area contributed by atoms with Gasteiger partial charge in [-0.05, 0) is 36.0 Å². The van der Waals surface area contributed by atoms with E-state index < -0.39 is 7.12 Å². The predicted molar refractivity (Wildman–Crippen MR) is 48.3 cm³/mol. The Balaban J connectivity index is 2.56. The van der Waals surface area contributed by atoms with Crippen molar-refractivity contribution in [2.24, 2.45) is 0 Å². The van der Waals surface area contributed by atoms with E-state index in [2.05, 4.69) is 13.0 Å². The molecule has 1 aromatic carbocycles. The van der Waals surface area contributed by atoms with E-state index in [4.69, 9.17) is 4.65 Å². The quantitative estimate of drug-likeness (QED) is 0.563. The fourth-order valence-corrected chi connectivity index (χ4v) is 1.51. The number of hydrogen-bond donors (Lipinski definition) is 1. The van der Waals surface area contributed by atoms with Crippen molar-refractivity contribution in [3.63, 3.8) is 0 Å². The van der Waals surface area contributed by atoms with Crippen molar-refractivity contribution in [2.45, 2.75) is 20.5 Å². The SMILES string of the molecule is Cc1cc2c(cc1C)B(O)OC2. The van der Waals surface area contributed by atoms with Gasteiger partial charge in [-0.25, -0.2) is 0 Å². The highest BCUT2D eigenvalue weighted by atomic mass is 16.5. The van der Waals surface area contributed by atoms with Crippen LogP contribution >= 0.6 is 0 Å². The standard InChI is InChI=1S/C9H11BO2/c1-6-3-8-5-12-10(11)9(8)4-7(6)2/h3-4,11H,5H2,1-2H3. The third kappa shape index (κ3) is 1.06. The van der Waals surface area contributed by atoms with E-state index in [1.807, 2.05) is 13.0 Å². The van der Waals surface area contributed by atoms with E-state index in [0.29, 0.717) is 6.61 Å². The van der Waals surface area contributed by atoms with Gasteiger partial charge in [-0.3, -0.25) is 0 Å². The van der Waals surface area contributed by atoms with Crippen molar-refractivity contribution >= 4 is 12.6 Å². The maximum absolute atomic E-state index is 9.37. The van der Waals surface area contributed by atoms with E-state index >= 15 is 0 Å². The number of fused-ring (bicyclic) bond motifs is 1. The average Bonchev–Trinajstić information content (AvgIpc) is 2.35. The topological polar surface area (TPSA) is 29.5 Å². The minimum atomic E-state index is -0.709. The van der Waals surface area contributed by atoms with Crippen LogP contribution in [0.2, 0.25) is 0 Å². The zero-order chi connectivity index (χ0) is 8.72. The van der Waals surface area contributed by atoms with Gasteiger partial charge in [0.25, 0.3) is 0 Å². The molecule has 2 nitrogen and oxygen atoms in total. The first-order chi connectivity index (χ1) is 5.68. The molecule has 0 amide bonds. The molecule has 0 saturated heterocycles. The van der Waals surface area contributed by atoms with E-state index in [9.17, 15) is 5.02 Å². The summed E-state index contributed by atoms with van der Waals surface area (Å²) in [5.74, 6) is 0. The Labute approximate surface area is 72.3 Å². The van der Waals surface area contributed by atoms with Crippen molar-refractivity contribution in [2.75, 3.05) is 0 Å². The van der Waals surface area contributed by atoms with Gasteiger partial charge in [-0.15, -0.1) is 0 Å². The number of hydrogen-bond acceptors (Lipinski definition) is 2. The highest BCUT2D eigenvalue weighted by Gasteiger charge is 2.27. The summed E-state index contributed by atoms with van der Waals surface area (Å²) >= 11 is 0. The number of rotatable bonds is 0. The Kier molecular flexibility index (Phi) is 1.70. The lowest BCUT2D eigenvalue weighted by Gasteiger charge is -2.03. The summed E-state index contributed by atoms with van der Waals surface area (Å²) < 4.78 is 5.09. The largest absolute Gasteiger partial charge is 0.491 e. The zero-order valence-corrected chi connectivity index (χ0v) is 7.29. The monoisotopic (exact) mass is 162 g/mol. The molecule has 1 aliphatic heterocycles. The van der Waals surface area contributed by atoms with Gasteiger partial charge in [0.05, 0.1) is 6.61 Å². The van der Waals surface area contributed by atoms with Crippen molar-refractivity contribution < 1.29 is 9.68 Å². The first kappa shape index (κ1) is 7.83. The van der Waals surface area contributed by atoms with Gasteiger partial charge in [0, 0.05) is 0 Å². The Morgan fingerprint density at radius 2 is 2.00 bits per heavy atom. The molecular weight excluding hydrogens is 151 g/mol. The molecule has 2 rings (SSSR count). The van der Waals surface area contributed by atoms with Crippen molar-refractivity contribution in [3.8, 4) is 0 Å². The summed E-state index contributed by atoms with van der Waals surface area (Å²) in [4.78, 5) is 0. The summed E-state index contributed by atoms with van der Waals surface area (Å²) in [5.41, 5.74) is 4.51. The lowest BCUT2D eigenvalue weighted by Crippen LogP contribution is -2.28. The normalized spacial score (nSPS) is 15.1. The molecule has 0 aliphatic carbocycles. The first-order valence-electron chi connectivity index (χ1n) is 4.08. The molecule has 0 aromatic heterocycles. The maximum atomic E-state index is 9.37. The van der Waals surface area contributed by atoms with Crippen LogP contribution in [-0.2, 0) is 11.3 Å². The highest BCUT2D eigenvalue weighted by molar-refractivity contribution is 6.61. The van der Waals surface area contributed by atoms with Gasteiger partial charge >= 0.3 is 7.12 Å². The zero-order valence-electron chi connectivity index (χ0n) is 7.29. The molecule has 1 aromatic rings. The Hall–Kier alpha value is -0.795. The van der Waals surface area contributed by atoms with Crippen LogP contribution < -0.4 is 5.46 Å². The lowest BCUT2D eigenvalue weighted by atomic mass is 9.78. The fraction of sp³-hybridized carbons (Fsp3) is 0.333. The van der Waals surface area contributed by atoms with Crippen LogP contribution in [-0.4, -0.2) is 12.1 Å². The van der Waals surface area contributed by atoms with Gasteiger partial charge in [0.15, 0.2) is 0 Å². The van der Waals surface area contributed by atoms with E-state index in [-0.39, 0.29) is 0 Å². The van der Waals surface area contributed by atoms with Crippen LogP contribution in [0.1, 0.15) is 16.7 Å². The number of benzene rings is 1. The number of aryl methyl sites for hydroxylation is 2. The smallest absolute Gasteiger partial charge is 0.423 e. The van der Waals surface area contributed by atoms with Crippen molar-refractivity contribution in [3.05, 3.63) is 28.8 Å². The molecule has 1 N–H and O–H groups in total. The summed E-state index contributed by atoms with van der Waals surface area (Å²) in [6, 6.07) is 4.09. The van der Waals surface area contributed by atoms with Crippen LogP contribution in [0.3, 0.4) is 0 Å². The Morgan fingerprint density at radius 1 is 1.33 bits per heavy atom. The van der Waals surface area contributed by atoms with E-state index in [1.165, 1.54) is 11.1 Å². The van der Waals surface area contributed by atoms with Crippen molar-refractivity contribution in [1.29, 1.82) is 0 Å². The van der Waals surface area contributed by atoms with Gasteiger partial charge in [-0.2, -0.15) is 0 Å². The highest BCUT2D eigenvalue weighted by Crippen LogP contribution is 2.14. The molecule has 0 spiro atoms. The third-order valence-corrected chi connectivity index (χ3v) is 2.42. The van der Waals surface area contributed by atoms with Crippen molar-refractivity contribution in [1.82, 2.24) is 0 Å². The molecule has 12 heavy (non-hydrogen) atoms. The molecule has 62 valence electrons. The minimum absolute atomic E-state index is 0.539. The average molecular weight is 162 g/mol. The summed E-state index contributed by atoms with van der Waals surface area (Å²) in [6.07, 6.45) is 0. The molecule has 1 aliphatic rings. The minimum Gasteiger partial charge on any atom is -0.423 e. The second-order valence-electron chi connectivity index (χ2n) is 3.30. The van der Waals surface area contributed by atoms with E-state index in [0.717, 1.165) is 11.0 Å². The predicted octanol–water partition coefficient (Wildman–Crippen LogP) is 0.521. The summed E-state index contributed by atoms with van der Waals surface area (Å²) in [6.45, 7) is 4.65. The Morgan fingerprint density at radius 3 is 2.75 bits per heavy atom. The Bertz CT molecular complexity index is 323. The van der Waals surface area contributed by atoms with Crippen LogP contribution in [0.25, 0.3) is 0 Å². The van der Waals surface area contributed by atoms with Crippen LogP contribution in [0.5, 0.6) is 0 Å². The first-order valence-corrected chi connectivity index (χ1v) is 4.08. The molecule has 0 bridgehead atoms. The molecule has 0 saturated carbocycles. The molecule has 1 heterocycles. The second kappa shape index (κ2) is 2.61. The van der Waals surface area contributed by atoms with Gasteiger partial charge in [0.2, 0.25) is 0 Å². The van der Waals surface area contributed by atoms with Crippen LogP contribution in [0, 0.1) is 13.8 Å². The van der Waals surface area contributed by atoms with Crippen LogP contribution in [0.15, 0.2) is 12.1 Å². The third-order valence-electron chi connectivity index (χ3n) is 2.42. The molecule has 3 heteroatoms. The lowest BCUT2D eigenvalue weighted by molar-refractivity contribution is 0.275. The molecule has 0 fully saturated rings. The van der Waals surface area contributed by atoms with E-state index in [1.54, 1.807) is 0 Å². The maximum Gasteiger partial charge on any atom is 0.491 e. The second-order valence-corrected chi connectivity index (χ2v) is 3.30.